The number of benzene rings is 1. The molecule has 0 fully saturated rings. The van der Waals surface area contributed by atoms with E-state index in [0.29, 0.717) is 5.69 Å². The van der Waals surface area contributed by atoms with Crippen LogP contribution in [0.15, 0.2) is 53.9 Å². The highest BCUT2D eigenvalue weighted by atomic mass is 32.1. The number of nitrogens with one attached hydrogen (secondary N) is 1. The summed E-state index contributed by atoms with van der Waals surface area (Å²) in [6, 6.07) is 11.2. The van der Waals surface area contributed by atoms with Gasteiger partial charge in [0.2, 0.25) is 0 Å². The highest BCUT2D eigenvalue weighted by Gasteiger charge is 2.34. The van der Waals surface area contributed by atoms with Crippen molar-refractivity contribution in [2.24, 2.45) is 0 Å². The number of nitrogens with zero attached hydrogens (tertiary/aromatic N) is 3. The molecule has 2 aromatic heterocycles. The zero-order valence-corrected chi connectivity index (χ0v) is 16.4. The largest absolute Gasteiger partial charge is 0.466 e. The fraction of sp³-hybridized carbons (Fsp3) is 0.200. The molecule has 1 amide bonds. The normalized spacial score (nSPS) is 14.0. The molecule has 9 heteroatoms. The first-order valence-electron chi connectivity index (χ1n) is 8.91. The number of hydrogen-bond acceptors (Lipinski definition) is 8. The van der Waals surface area contributed by atoms with E-state index in [1.165, 1.54) is 23.3 Å². The second-order valence-electron chi connectivity index (χ2n) is 6.34. The Morgan fingerprint density at radius 2 is 2.10 bits per heavy atom. The van der Waals surface area contributed by atoms with E-state index in [0.717, 1.165) is 20.9 Å². The lowest BCUT2D eigenvalue weighted by Crippen LogP contribution is -2.31. The molecule has 1 aliphatic rings. The average molecular weight is 410 g/mol. The lowest BCUT2D eigenvalue weighted by Gasteiger charge is -2.15. The van der Waals surface area contributed by atoms with Crippen LogP contribution >= 0.6 is 11.3 Å². The molecule has 0 saturated heterocycles. The van der Waals surface area contributed by atoms with E-state index in [2.05, 4.69) is 15.3 Å². The summed E-state index contributed by atoms with van der Waals surface area (Å²) in [4.78, 5) is 35.8. The minimum Gasteiger partial charge on any atom is -0.466 e. The zero-order valence-electron chi connectivity index (χ0n) is 15.6. The maximum Gasteiger partial charge on any atom is 0.337 e. The second-order valence-corrected chi connectivity index (χ2v) is 7.32. The van der Waals surface area contributed by atoms with Crippen LogP contribution in [0.3, 0.4) is 0 Å². The molecule has 0 unspecified atom stereocenters. The van der Waals surface area contributed by atoms with Gasteiger partial charge in [0.15, 0.2) is 0 Å². The number of thiazole rings is 1. The Morgan fingerprint density at radius 1 is 1.31 bits per heavy atom. The molecule has 0 aliphatic carbocycles. The summed E-state index contributed by atoms with van der Waals surface area (Å²) in [5.74, 6) is -0.916. The molecular weight excluding hydrogens is 392 g/mol. The van der Waals surface area contributed by atoms with Crippen LogP contribution < -0.4 is 5.32 Å². The number of methoxy groups -OCH3 is 1. The highest BCUT2D eigenvalue weighted by Crippen LogP contribution is 2.30. The number of aliphatic hydroxyl groups is 1. The molecule has 3 heterocycles. The van der Waals surface area contributed by atoms with E-state index in [9.17, 15) is 9.59 Å². The molecule has 4 rings (SSSR count). The first-order valence-corrected chi connectivity index (χ1v) is 9.73. The second kappa shape index (κ2) is 7.98. The van der Waals surface area contributed by atoms with Crippen LogP contribution in [0.5, 0.6) is 0 Å². The Bertz CT molecular complexity index is 1070. The predicted octanol–water partition coefficient (Wildman–Crippen LogP) is 2.03. The van der Waals surface area contributed by atoms with Gasteiger partial charge in [-0.05, 0) is 36.4 Å². The number of hydrogen-bond donors (Lipinski definition) is 2. The Labute approximate surface area is 170 Å². The van der Waals surface area contributed by atoms with Crippen molar-refractivity contribution in [3.05, 3.63) is 53.9 Å². The summed E-state index contributed by atoms with van der Waals surface area (Å²) in [6.07, 6.45) is 1.74. The fourth-order valence-electron chi connectivity index (χ4n) is 3.08. The smallest absolute Gasteiger partial charge is 0.337 e. The molecule has 0 saturated carbocycles. The number of esters is 1. The van der Waals surface area contributed by atoms with E-state index in [1.807, 2.05) is 36.4 Å². The van der Waals surface area contributed by atoms with Gasteiger partial charge in [-0.25, -0.2) is 14.8 Å². The van der Waals surface area contributed by atoms with Crippen LogP contribution in [0.2, 0.25) is 0 Å². The lowest BCUT2D eigenvalue weighted by atomic mass is 10.2. The number of aromatic nitrogens is 2. The van der Waals surface area contributed by atoms with Crippen LogP contribution in [0.4, 0.5) is 5.69 Å². The first kappa shape index (κ1) is 19.0. The van der Waals surface area contributed by atoms with Crippen molar-refractivity contribution >= 4 is 39.2 Å². The summed E-state index contributed by atoms with van der Waals surface area (Å²) >= 11 is 1.50. The van der Waals surface area contributed by atoms with Gasteiger partial charge in [0, 0.05) is 24.0 Å². The first-order chi connectivity index (χ1) is 14.1. The van der Waals surface area contributed by atoms with Gasteiger partial charge in [-0.2, -0.15) is 0 Å². The number of aliphatic hydroxyl groups excluding tert-OH is 1. The van der Waals surface area contributed by atoms with Gasteiger partial charge < -0.3 is 20.1 Å². The van der Waals surface area contributed by atoms with E-state index in [-0.39, 0.29) is 36.9 Å². The van der Waals surface area contributed by atoms with Gasteiger partial charge in [0.05, 0.1) is 25.8 Å². The SMILES string of the molecule is COC(=O)C1=C(Nc2ccc(-c3nc4cccnc4s3)cc2)C(=O)N(CCO)C1. The number of carbonyl (C=O) groups excluding carboxylic acids is 2. The number of rotatable bonds is 6. The Kier molecular flexibility index (Phi) is 5.24. The van der Waals surface area contributed by atoms with Crippen LogP contribution in [0, 0.1) is 0 Å². The molecule has 1 aliphatic heterocycles. The monoisotopic (exact) mass is 410 g/mol. The van der Waals surface area contributed by atoms with Crippen molar-refractivity contribution in [2.75, 3.05) is 32.1 Å². The molecule has 148 valence electrons. The summed E-state index contributed by atoms with van der Waals surface area (Å²) < 4.78 is 4.79. The fourth-order valence-corrected chi connectivity index (χ4v) is 4.00. The third-order valence-corrected chi connectivity index (χ3v) is 5.55. The summed E-state index contributed by atoms with van der Waals surface area (Å²) in [7, 11) is 1.27. The van der Waals surface area contributed by atoms with E-state index < -0.39 is 5.97 Å². The molecule has 2 N–H and O–H groups in total. The average Bonchev–Trinajstić information content (AvgIpc) is 3.31. The van der Waals surface area contributed by atoms with Crippen LogP contribution in [-0.2, 0) is 14.3 Å². The Hall–Kier alpha value is -3.30. The highest BCUT2D eigenvalue weighted by molar-refractivity contribution is 7.21. The van der Waals surface area contributed by atoms with Crippen LogP contribution in [-0.4, -0.2) is 58.7 Å². The molecule has 8 nitrogen and oxygen atoms in total. The van der Waals surface area contributed by atoms with Gasteiger partial charge >= 0.3 is 5.97 Å². The number of fused-ring (bicyclic) bond motifs is 1. The van der Waals surface area contributed by atoms with Gasteiger partial charge in [-0.3, -0.25) is 4.79 Å². The third kappa shape index (κ3) is 3.69. The summed E-state index contributed by atoms with van der Waals surface area (Å²) in [5, 5.41) is 13.0. The van der Waals surface area contributed by atoms with Gasteiger partial charge in [-0.1, -0.05) is 11.3 Å². The van der Waals surface area contributed by atoms with Gasteiger partial charge in [0.1, 0.15) is 21.1 Å². The molecule has 0 atom stereocenters. The quantitative estimate of drug-likeness (QED) is 0.599. The van der Waals surface area contributed by atoms with Crippen LogP contribution in [0.1, 0.15) is 0 Å². The van der Waals surface area contributed by atoms with Crippen molar-refractivity contribution in [2.45, 2.75) is 0 Å². The molecule has 3 aromatic rings. The third-order valence-electron chi connectivity index (χ3n) is 4.52. The topological polar surface area (TPSA) is 105 Å². The predicted molar refractivity (Wildman–Crippen MR) is 109 cm³/mol. The summed E-state index contributed by atoms with van der Waals surface area (Å²) in [6.45, 7) is 0.0689. The lowest BCUT2D eigenvalue weighted by molar-refractivity contribution is -0.136. The molecule has 0 radical (unpaired) electrons. The molecule has 1 aromatic carbocycles. The molecule has 29 heavy (non-hydrogen) atoms. The number of anilines is 1. The van der Waals surface area contributed by atoms with Crippen LogP contribution in [0.25, 0.3) is 20.9 Å². The van der Waals surface area contributed by atoms with Crippen molar-refractivity contribution in [3.8, 4) is 10.6 Å². The minimum absolute atomic E-state index is 0.102. The molecule has 0 spiro atoms. The maximum atomic E-state index is 12.6. The number of amides is 1. The summed E-state index contributed by atoms with van der Waals surface area (Å²) in [5.41, 5.74) is 2.85. The number of ether oxygens (including phenoxy) is 1. The van der Waals surface area contributed by atoms with Gasteiger partial charge in [-0.15, -0.1) is 0 Å². The van der Waals surface area contributed by atoms with E-state index in [4.69, 9.17) is 9.84 Å². The number of pyridine rings is 1. The standard InChI is InChI=1S/C20H18N4O4S/c1-28-20(27)14-11-24(9-10-25)19(26)16(14)22-13-6-4-12(5-7-13)17-23-15-3-2-8-21-18(15)29-17/h2-8,22,25H,9-11H2,1H3. The Morgan fingerprint density at radius 3 is 2.79 bits per heavy atom. The minimum atomic E-state index is -0.570. The zero-order chi connectivity index (χ0) is 20.4. The molecule has 0 bridgehead atoms. The number of β-amino-alcohol motifs (C(OH)–C–C–N with tert-alkyl or cyclic N) is 1. The maximum absolute atomic E-state index is 12.6. The molecular formula is C20H18N4O4S. The van der Waals surface area contributed by atoms with E-state index >= 15 is 0 Å². The van der Waals surface area contributed by atoms with Crippen molar-refractivity contribution < 1.29 is 19.4 Å². The van der Waals surface area contributed by atoms with Gasteiger partial charge in [0.25, 0.3) is 5.91 Å². The van der Waals surface area contributed by atoms with Crippen molar-refractivity contribution in [1.29, 1.82) is 0 Å². The van der Waals surface area contributed by atoms with Crippen molar-refractivity contribution in [1.82, 2.24) is 14.9 Å². The Balaban J connectivity index is 1.58. The van der Waals surface area contributed by atoms with Crippen molar-refractivity contribution in [3.63, 3.8) is 0 Å². The van der Waals surface area contributed by atoms with E-state index in [1.54, 1.807) is 6.20 Å². The number of carbonyl (C=O) groups is 2.